The molecule has 0 bridgehead atoms. The Morgan fingerprint density at radius 3 is 1.35 bits per heavy atom. The molecule has 1 atom stereocenters. The van der Waals surface area contributed by atoms with Gasteiger partial charge in [0.05, 0.1) is 0 Å². The Bertz CT molecular complexity index is 827. The van der Waals surface area contributed by atoms with Crippen LogP contribution in [0.4, 0.5) is 0 Å². The summed E-state index contributed by atoms with van der Waals surface area (Å²) in [5, 5.41) is 0. The van der Waals surface area contributed by atoms with Crippen LogP contribution in [0.5, 0.6) is 0 Å². The third-order valence-corrected chi connectivity index (χ3v) is 5.79. The van der Waals surface area contributed by atoms with Crippen LogP contribution in [-0.2, 0) is 19.3 Å². The van der Waals surface area contributed by atoms with Crippen LogP contribution in [0.25, 0.3) is 0 Å². The van der Waals surface area contributed by atoms with Gasteiger partial charge in [-0.05, 0) is 16.7 Å². The summed E-state index contributed by atoms with van der Waals surface area (Å²) in [7, 11) is -3.45. The average molecular weight is 366 g/mol. The third kappa shape index (κ3) is 3.04. The van der Waals surface area contributed by atoms with Crippen molar-refractivity contribution in [2.24, 2.45) is 0 Å². The van der Waals surface area contributed by atoms with E-state index in [1.165, 1.54) is 0 Å². The van der Waals surface area contributed by atoms with Gasteiger partial charge in [0.2, 0.25) is 0 Å². The van der Waals surface area contributed by atoms with Crippen molar-refractivity contribution in [3.05, 3.63) is 108 Å². The highest BCUT2D eigenvalue weighted by Crippen LogP contribution is 2.54. The van der Waals surface area contributed by atoms with Gasteiger partial charge in [-0.15, -0.1) is 0 Å². The molecular weight excluding hydrogens is 347 g/mol. The molecule has 0 saturated carbocycles. The van der Waals surface area contributed by atoms with Crippen LogP contribution in [0.3, 0.4) is 0 Å². The Balaban J connectivity index is 2.44. The first-order valence-electron chi connectivity index (χ1n) is 8.13. The van der Waals surface area contributed by atoms with E-state index in [2.05, 4.69) is 0 Å². The normalized spacial score (nSPS) is 13.8. The van der Waals surface area contributed by atoms with Gasteiger partial charge in [-0.3, -0.25) is 9.36 Å². The first kappa shape index (κ1) is 18.3. The molecule has 3 rings (SSSR count). The molecule has 1 unspecified atom stereocenters. The first-order chi connectivity index (χ1) is 12.5. The zero-order valence-corrected chi connectivity index (χ0v) is 15.2. The molecule has 0 saturated heterocycles. The van der Waals surface area contributed by atoms with Crippen molar-refractivity contribution >= 4 is 13.1 Å². The second-order valence-electron chi connectivity index (χ2n) is 5.86. The van der Waals surface area contributed by atoms with Crippen LogP contribution in [0.15, 0.2) is 91.0 Å². The fourth-order valence-corrected chi connectivity index (χ4v) is 4.21. The number of hydrogen-bond donors (Lipinski definition) is 1. The molecule has 0 amide bonds. The lowest BCUT2D eigenvalue weighted by Gasteiger charge is -2.34. The van der Waals surface area contributed by atoms with E-state index in [-0.39, 0.29) is 0 Å². The zero-order valence-electron chi connectivity index (χ0n) is 14.3. The molecule has 26 heavy (non-hydrogen) atoms. The number of hydrogen-bond acceptors (Lipinski definition) is 3. The first-order valence-corrected chi connectivity index (χ1v) is 9.71. The Kier molecular flexibility index (Phi) is 5.19. The van der Waals surface area contributed by atoms with E-state index < -0.39 is 18.5 Å². The summed E-state index contributed by atoms with van der Waals surface area (Å²) >= 11 is 0. The molecule has 1 N–H and O–H groups in total. The van der Waals surface area contributed by atoms with Gasteiger partial charge in [0, 0.05) is 7.11 Å². The molecular formula is C21H19O4P. The lowest BCUT2D eigenvalue weighted by Crippen LogP contribution is -2.38. The van der Waals surface area contributed by atoms with Gasteiger partial charge in [-0.2, -0.15) is 0 Å². The number of benzene rings is 3. The minimum atomic E-state index is -4.52. The van der Waals surface area contributed by atoms with Gasteiger partial charge in [-0.1, -0.05) is 91.0 Å². The molecule has 0 aromatic heterocycles. The van der Waals surface area contributed by atoms with Gasteiger partial charge in [0.1, 0.15) is 5.41 Å². The van der Waals surface area contributed by atoms with E-state index in [1.54, 1.807) is 72.8 Å². The Labute approximate surface area is 152 Å². The fraction of sp³-hybridized carbons (Fsp3) is 0.0952. The van der Waals surface area contributed by atoms with E-state index in [1.807, 2.05) is 18.2 Å². The lowest BCUT2D eigenvalue weighted by atomic mass is 9.70. The van der Waals surface area contributed by atoms with Crippen LogP contribution in [0, 0.1) is 0 Å². The van der Waals surface area contributed by atoms with Crippen molar-refractivity contribution in [3.63, 3.8) is 0 Å². The van der Waals surface area contributed by atoms with Crippen LogP contribution in [0.1, 0.15) is 16.7 Å². The summed E-state index contributed by atoms with van der Waals surface area (Å²) in [6.07, 6.45) is 0. The molecule has 0 spiro atoms. The Morgan fingerprint density at radius 1 is 0.769 bits per heavy atom. The molecule has 0 radical (unpaired) electrons. The largest absolute Gasteiger partial charge is 0.395 e. The highest BCUT2D eigenvalue weighted by molar-refractivity contribution is 7.71. The van der Waals surface area contributed by atoms with Crippen molar-refractivity contribution in [1.82, 2.24) is 0 Å². The van der Waals surface area contributed by atoms with Crippen molar-refractivity contribution < 1.29 is 18.8 Å². The summed E-state index contributed by atoms with van der Waals surface area (Å²) in [5.41, 5.74) is -0.517. The average Bonchev–Trinajstić information content (AvgIpc) is 2.71. The highest BCUT2D eigenvalue weighted by atomic mass is 31.2. The summed E-state index contributed by atoms with van der Waals surface area (Å²) in [6.45, 7) is 0. The van der Waals surface area contributed by atoms with E-state index >= 15 is 0 Å². The Morgan fingerprint density at radius 2 is 1.08 bits per heavy atom. The molecule has 4 nitrogen and oxygen atoms in total. The maximum absolute atomic E-state index is 13.5. The van der Waals surface area contributed by atoms with Crippen molar-refractivity contribution in [2.75, 3.05) is 7.11 Å². The minimum absolute atomic E-state index is 0.605. The van der Waals surface area contributed by atoms with Crippen LogP contribution < -0.4 is 0 Å². The summed E-state index contributed by atoms with van der Waals surface area (Å²) < 4.78 is 17.4. The number of carbonyl (C=O) groups is 1. The monoisotopic (exact) mass is 366 g/mol. The predicted octanol–water partition coefficient (Wildman–Crippen LogP) is 4.38. The van der Waals surface area contributed by atoms with Gasteiger partial charge < -0.3 is 9.42 Å². The molecule has 132 valence electrons. The van der Waals surface area contributed by atoms with Crippen molar-refractivity contribution in [2.45, 2.75) is 5.41 Å². The highest BCUT2D eigenvalue weighted by Gasteiger charge is 2.51. The van der Waals surface area contributed by atoms with Gasteiger partial charge >= 0.3 is 7.60 Å². The summed E-state index contributed by atoms with van der Waals surface area (Å²) in [4.78, 5) is 23.8. The van der Waals surface area contributed by atoms with Crippen LogP contribution in [0.2, 0.25) is 0 Å². The van der Waals surface area contributed by atoms with Crippen LogP contribution >= 0.6 is 7.60 Å². The molecule has 3 aromatic carbocycles. The molecule has 0 aliphatic carbocycles. The topological polar surface area (TPSA) is 63.6 Å². The summed E-state index contributed by atoms with van der Waals surface area (Å²) in [6, 6.07) is 27.0. The molecule has 0 fully saturated rings. The predicted molar refractivity (Wildman–Crippen MR) is 101 cm³/mol. The fourth-order valence-electron chi connectivity index (χ4n) is 3.23. The van der Waals surface area contributed by atoms with E-state index in [0.717, 1.165) is 7.11 Å². The molecule has 0 aliphatic rings. The number of rotatable bonds is 6. The SMILES string of the molecule is COP(=O)(O)C(=O)C(c1ccccc1)(c1ccccc1)c1ccccc1. The second kappa shape index (κ2) is 7.38. The molecule has 0 aliphatic heterocycles. The molecule has 3 aromatic rings. The van der Waals surface area contributed by atoms with Gasteiger partial charge in [0.25, 0.3) is 5.52 Å². The standard InChI is InChI=1S/C21H19O4P/c1-25-26(23,24)20(22)21(17-11-5-2-6-12-17,18-13-7-3-8-14-18)19-15-9-4-10-16-19/h2-16H,1H3,(H,23,24). The second-order valence-corrected chi connectivity index (χ2v) is 7.67. The zero-order chi connectivity index (χ0) is 18.6. The van der Waals surface area contributed by atoms with E-state index in [9.17, 15) is 14.3 Å². The Hall–Kier alpha value is -2.52. The molecule has 5 heteroatoms. The van der Waals surface area contributed by atoms with E-state index in [4.69, 9.17) is 4.52 Å². The minimum Gasteiger partial charge on any atom is -0.319 e. The lowest BCUT2D eigenvalue weighted by molar-refractivity contribution is -0.116. The summed E-state index contributed by atoms with van der Waals surface area (Å²) in [5.74, 6) is 0. The van der Waals surface area contributed by atoms with Crippen LogP contribution in [-0.4, -0.2) is 17.5 Å². The molecule has 0 heterocycles. The smallest absolute Gasteiger partial charge is 0.319 e. The number of carbonyl (C=O) groups excluding carboxylic acids is 1. The maximum Gasteiger partial charge on any atom is 0.395 e. The maximum atomic E-state index is 13.5. The van der Waals surface area contributed by atoms with E-state index in [0.29, 0.717) is 16.7 Å². The van der Waals surface area contributed by atoms with Crippen molar-refractivity contribution in [3.8, 4) is 0 Å². The van der Waals surface area contributed by atoms with Crippen molar-refractivity contribution in [1.29, 1.82) is 0 Å². The quantitative estimate of drug-likeness (QED) is 0.519. The van der Waals surface area contributed by atoms with Gasteiger partial charge in [0.15, 0.2) is 0 Å². The van der Waals surface area contributed by atoms with Gasteiger partial charge in [-0.25, -0.2) is 0 Å². The third-order valence-electron chi connectivity index (χ3n) is 4.45.